The largest absolute Gasteiger partial charge is 0.297 e. The fraction of sp³-hybridized carbons (Fsp3) is 0.250. The highest BCUT2D eigenvalue weighted by molar-refractivity contribution is 7.86. The summed E-state index contributed by atoms with van der Waals surface area (Å²) in [6.45, 7) is 3.69. The van der Waals surface area contributed by atoms with E-state index >= 15 is 0 Å². The van der Waals surface area contributed by atoms with E-state index in [0.717, 1.165) is 5.56 Å². The summed E-state index contributed by atoms with van der Waals surface area (Å²) in [6, 6.07) is 6.53. The van der Waals surface area contributed by atoms with E-state index < -0.39 is 10.1 Å². The van der Waals surface area contributed by atoms with Crippen LogP contribution in [0, 0.1) is 6.92 Å². The zero-order chi connectivity index (χ0) is 12.0. The van der Waals surface area contributed by atoms with E-state index in [1.807, 2.05) is 6.92 Å². The van der Waals surface area contributed by atoms with Crippen LogP contribution in [-0.4, -0.2) is 15.0 Å². The van der Waals surface area contributed by atoms with Crippen LogP contribution in [-0.2, 0) is 14.3 Å². The minimum atomic E-state index is -3.64. The molecule has 0 saturated carbocycles. The summed E-state index contributed by atoms with van der Waals surface area (Å²) in [5, 5.41) is 0. The molecule has 0 amide bonds. The van der Waals surface area contributed by atoms with Crippen molar-refractivity contribution in [2.75, 3.05) is 6.61 Å². The molecule has 16 heavy (non-hydrogen) atoms. The molecule has 3 nitrogen and oxygen atoms in total. The first-order chi connectivity index (χ1) is 7.56. The van der Waals surface area contributed by atoms with Crippen LogP contribution >= 0.6 is 0 Å². The zero-order valence-electron chi connectivity index (χ0n) is 9.30. The van der Waals surface area contributed by atoms with Crippen LogP contribution in [0.3, 0.4) is 0 Å². The lowest BCUT2D eigenvalue weighted by Crippen LogP contribution is -2.06. The highest BCUT2D eigenvalue weighted by atomic mass is 32.2. The van der Waals surface area contributed by atoms with E-state index in [4.69, 9.17) is 4.18 Å². The molecule has 0 aliphatic rings. The highest BCUT2D eigenvalue weighted by Gasteiger charge is 2.13. The topological polar surface area (TPSA) is 43.4 Å². The van der Waals surface area contributed by atoms with Gasteiger partial charge in [-0.15, -0.1) is 5.73 Å². The second-order valence-electron chi connectivity index (χ2n) is 3.21. The summed E-state index contributed by atoms with van der Waals surface area (Å²) < 4.78 is 28.0. The molecule has 0 heterocycles. The molecule has 0 spiro atoms. The van der Waals surface area contributed by atoms with E-state index in [9.17, 15) is 8.42 Å². The van der Waals surface area contributed by atoms with Crippen LogP contribution < -0.4 is 0 Å². The maximum Gasteiger partial charge on any atom is 0.297 e. The summed E-state index contributed by atoms with van der Waals surface area (Å²) >= 11 is 0. The van der Waals surface area contributed by atoms with Gasteiger partial charge in [0.25, 0.3) is 10.1 Å². The van der Waals surface area contributed by atoms with Gasteiger partial charge in [-0.1, -0.05) is 17.7 Å². The molecule has 86 valence electrons. The van der Waals surface area contributed by atoms with E-state index in [-0.39, 0.29) is 11.5 Å². The van der Waals surface area contributed by atoms with Crippen molar-refractivity contribution in [2.45, 2.75) is 18.7 Å². The summed E-state index contributed by atoms with van der Waals surface area (Å²) in [5.41, 5.74) is 3.75. The summed E-state index contributed by atoms with van der Waals surface area (Å²) in [7, 11) is -3.64. The monoisotopic (exact) mass is 238 g/mol. The van der Waals surface area contributed by atoms with Crippen LogP contribution in [0.25, 0.3) is 0 Å². The lowest BCUT2D eigenvalue weighted by molar-refractivity contribution is 0.357. The second kappa shape index (κ2) is 5.66. The van der Waals surface area contributed by atoms with E-state index in [0.29, 0.717) is 0 Å². The first-order valence-electron chi connectivity index (χ1n) is 4.88. The standard InChI is InChI=1S/C12H14O3S/c1-3-4-5-10-15-16(13,14)12-8-6-11(2)7-9-12/h3,5-9H,10H2,1-2H3. The van der Waals surface area contributed by atoms with Crippen molar-refractivity contribution in [2.24, 2.45) is 0 Å². The maximum atomic E-state index is 11.6. The third kappa shape index (κ3) is 3.66. The molecule has 0 saturated heterocycles. The van der Waals surface area contributed by atoms with Gasteiger partial charge in [0.1, 0.15) is 0 Å². The second-order valence-corrected chi connectivity index (χ2v) is 4.83. The lowest BCUT2D eigenvalue weighted by Gasteiger charge is -2.03. The molecule has 0 aliphatic heterocycles. The Bertz CT molecular complexity index is 492. The molecule has 0 N–H and O–H groups in total. The van der Waals surface area contributed by atoms with Gasteiger partial charge in [0.2, 0.25) is 0 Å². The molecular weight excluding hydrogens is 224 g/mol. The van der Waals surface area contributed by atoms with Gasteiger partial charge in [-0.3, -0.25) is 4.18 Å². The van der Waals surface area contributed by atoms with Crippen LogP contribution in [0.1, 0.15) is 12.5 Å². The first-order valence-corrected chi connectivity index (χ1v) is 6.29. The number of aryl methyl sites for hydroxylation is 1. The molecule has 0 fully saturated rings. The molecular formula is C12H14O3S. The normalized spacial score (nSPS) is 10.6. The minimum absolute atomic E-state index is 0.000545. The third-order valence-corrected chi connectivity index (χ3v) is 3.20. The predicted octanol–water partition coefficient (Wildman–Crippen LogP) is 2.43. The molecule has 1 aromatic carbocycles. The number of benzene rings is 1. The minimum Gasteiger partial charge on any atom is -0.262 e. The Morgan fingerprint density at radius 2 is 1.94 bits per heavy atom. The maximum absolute atomic E-state index is 11.6. The van der Waals surface area contributed by atoms with Crippen molar-refractivity contribution in [1.82, 2.24) is 0 Å². The molecule has 0 unspecified atom stereocenters. The van der Waals surface area contributed by atoms with Crippen LogP contribution in [0.5, 0.6) is 0 Å². The Morgan fingerprint density at radius 3 is 2.50 bits per heavy atom. The molecule has 0 aromatic heterocycles. The van der Waals surface area contributed by atoms with Crippen LogP contribution in [0.2, 0.25) is 0 Å². The quantitative estimate of drug-likeness (QED) is 0.597. The van der Waals surface area contributed by atoms with Crippen LogP contribution in [0.15, 0.2) is 47.0 Å². The average Bonchev–Trinajstić information content (AvgIpc) is 2.25. The third-order valence-electron chi connectivity index (χ3n) is 1.90. The summed E-state index contributed by atoms with van der Waals surface area (Å²) in [4.78, 5) is 0.173. The Labute approximate surface area is 96.2 Å². The van der Waals surface area contributed by atoms with E-state index in [2.05, 4.69) is 5.73 Å². The van der Waals surface area contributed by atoms with Gasteiger partial charge >= 0.3 is 0 Å². The Balaban J connectivity index is 2.78. The van der Waals surface area contributed by atoms with Gasteiger partial charge in [-0.2, -0.15) is 8.42 Å². The SMILES string of the molecule is CC=C=CCOS(=O)(=O)c1ccc(C)cc1. The van der Waals surface area contributed by atoms with E-state index in [1.165, 1.54) is 18.2 Å². The Morgan fingerprint density at radius 1 is 1.31 bits per heavy atom. The predicted molar refractivity (Wildman–Crippen MR) is 62.6 cm³/mol. The molecule has 1 rings (SSSR count). The Kier molecular flexibility index (Phi) is 4.50. The van der Waals surface area contributed by atoms with Crippen molar-refractivity contribution >= 4 is 10.1 Å². The smallest absolute Gasteiger partial charge is 0.262 e. The van der Waals surface area contributed by atoms with Gasteiger partial charge in [0, 0.05) is 0 Å². The van der Waals surface area contributed by atoms with Crippen molar-refractivity contribution in [3.05, 3.63) is 47.7 Å². The van der Waals surface area contributed by atoms with Crippen LogP contribution in [0.4, 0.5) is 0 Å². The Hall–Kier alpha value is -1.35. The number of rotatable bonds is 4. The molecule has 0 bridgehead atoms. The van der Waals surface area contributed by atoms with Gasteiger partial charge in [-0.25, -0.2) is 0 Å². The van der Waals surface area contributed by atoms with Crippen molar-refractivity contribution in [3.8, 4) is 0 Å². The lowest BCUT2D eigenvalue weighted by atomic mass is 10.2. The fourth-order valence-corrected chi connectivity index (χ4v) is 1.92. The van der Waals surface area contributed by atoms with Crippen molar-refractivity contribution in [1.29, 1.82) is 0 Å². The van der Waals surface area contributed by atoms with Gasteiger partial charge in [-0.05, 0) is 38.1 Å². The van der Waals surface area contributed by atoms with Crippen molar-refractivity contribution in [3.63, 3.8) is 0 Å². The van der Waals surface area contributed by atoms with Gasteiger partial charge < -0.3 is 0 Å². The fourth-order valence-electron chi connectivity index (χ4n) is 1.06. The highest BCUT2D eigenvalue weighted by Crippen LogP contribution is 2.12. The number of hydrogen-bond donors (Lipinski definition) is 0. The number of hydrogen-bond acceptors (Lipinski definition) is 3. The summed E-state index contributed by atoms with van der Waals surface area (Å²) in [5.74, 6) is 0. The average molecular weight is 238 g/mol. The molecule has 0 radical (unpaired) electrons. The first kappa shape index (κ1) is 12.7. The molecule has 1 aromatic rings. The van der Waals surface area contributed by atoms with Gasteiger partial charge in [0.15, 0.2) is 0 Å². The molecule has 0 aliphatic carbocycles. The van der Waals surface area contributed by atoms with E-state index in [1.54, 1.807) is 25.1 Å². The summed E-state index contributed by atoms with van der Waals surface area (Å²) in [6.07, 6.45) is 3.20. The zero-order valence-corrected chi connectivity index (χ0v) is 10.1. The van der Waals surface area contributed by atoms with Crippen molar-refractivity contribution < 1.29 is 12.6 Å². The molecule has 0 atom stereocenters. The molecule has 4 heteroatoms. The van der Waals surface area contributed by atoms with Gasteiger partial charge in [0.05, 0.1) is 11.5 Å².